The number of thioether (sulfide) groups is 1. The van der Waals surface area contributed by atoms with Crippen LogP contribution < -0.4 is 4.80 Å². The third kappa shape index (κ3) is 4.99. The maximum Gasteiger partial charge on any atom is 0.270 e. The highest BCUT2D eigenvalue weighted by atomic mass is 32.2. The molecule has 28 heavy (non-hydrogen) atoms. The molecule has 1 aromatic heterocycles. The highest BCUT2D eigenvalue weighted by molar-refractivity contribution is 8.00. The molecule has 10 heteroatoms. The molecule has 3 rings (SSSR count). The molecule has 1 aliphatic heterocycles. The summed E-state index contributed by atoms with van der Waals surface area (Å²) in [6, 6.07) is 4.57. The number of aromatic nitrogens is 1. The molecule has 1 saturated heterocycles. The van der Waals surface area contributed by atoms with Gasteiger partial charge in [-0.25, -0.2) is 0 Å². The summed E-state index contributed by atoms with van der Waals surface area (Å²) in [6.45, 7) is 1.61. The van der Waals surface area contributed by atoms with Crippen molar-refractivity contribution in [3.05, 3.63) is 33.1 Å². The second kappa shape index (κ2) is 9.33. The monoisotopic (exact) mass is 422 g/mol. The van der Waals surface area contributed by atoms with E-state index < -0.39 is 4.92 Å². The first kappa shape index (κ1) is 20.5. The molecule has 2 heterocycles. The zero-order valence-corrected chi connectivity index (χ0v) is 17.3. The van der Waals surface area contributed by atoms with Crippen molar-refractivity contribution in [1.29, 1.82) is 0 Å². The molecular weight excluding hydrogens is 400 g/mol. The molecule has 0 bridgehead atoms. The van der Waals surface area contributed by atoms with Gasteiger partial charge in [0, 0.05) is 32.3 Å². The molecule has 2 aromatic rings. The number of nitrogens with zero attached hydrogens (tertiary/aromatic N) is 4. The predicted octanol–water partition coefficient (Wildman–Crippen LogP) is 2.71. The molecule has 1 fully saturated rings. The van der Waals surface area contributed by atoms with Crippen molar-refractivity contribution in [2.75, 3.05) is 24.6 Å². The topological polar surface area (TPSA) is 97.8 Å². The fraction of sp³-hybridized carbons (Fsp3) is 0.500. The fourth-order valence-electron chi connectivity index (χ4n) is 3.12. The number of nitro groups is 1. The van der Waals surface area contributed by atoms with Crippen molar-refractivity contribution in [2.24, 2.45) is 12.0 Å². The van der Waals surface area contributed by atoms with Crippen LogP contribution in [0.1, 0.15) is 25.7 Å². The van der Waals surface area contributed by atoms with Gasteiger partial charge in [-0.05, 0) is 18.9 Å². The zero-order chi connectivity index (χ0) is 20.1. The minimum atomic E-state index is -0.445. The highest BCUT2D eigenvalue weighted by Gasteiger charge is 2.16. The maximum atomic E-state index is 12.3. The molecule has 0 spiro atoms. The van der Waals surface area contributed by atoms with E-state index in [0.29, 0.717) is 9.50 Å². The number of hydrogen-bond acceptors (Lipinski definition) is 6. The van der Waals surface area contributed by atoms with Gasteiger partial charge in [-0.1, -0.05) is 24.2 Å². The van der Waals surface area contributed by atoms with Crippen molar-refractivity contribution in [3.63, 3.8) is 0 Å². The van der Waals surface area contributed by atoms with Gasteiger partial charge in [-0.15, -0.1) is 11.8 Å². The number of carbonyl (C=O) groups is 2. The van der Waals surface area contributed by atoms with Crippen LogP contribution in [0.3, 0.4) is 0 Å². The van der Waals surface area contributed by atoms with Gasteiger partial charge >= 0.3 is 0 Å². The summed E-state index contributed by atoms with van der Waals surface area (Å²) in [7, 11) is 1.77. The standard InChI is InChI=1S/C18H22N4O4S2/c1-20-14-7-6-13(22(25)26)10-15(14)28-18(20)19-16(23)11-27-12-17(24)21-8-4-2-3-5-9-21/h6-7,10H,2-5,8-9,11-12H2,1H3. The third-order valence-corrected chi connectivity index (χ3v) is 6.63. The van der Waals surface area contributed by atoms with E-state index in [9.17, 15) is 19.7 Å². The van der Waals surface area contributed by atoms with Crippen LogP contribution in [0.4, 0.5) is 5.69 Å². The lowest BCUT2D eigenvalue weighted by molar-refractivity contribution is -0.384. The largest absolute Gasteiger partial charge is 0.342 e. The molecular formula is C18H22N4O4S2. The fourth-order valence-corrected chi connectivity index (χ4v) is 4.89. The van der Waals surface area contributed by atoms with Gasteiger partial charge in [0.15, 0.2) is 4.80 Å². The van der Waals surface area contributed by atoms with Crippen molar-refractivity contribution in [1.82, 2.24) is 9.47 Å². The number of non-ortho nitro benzene ring substituents is 1. The molecule has 0 radical (unpaired) electrons. The van der Waals surface area contributed by atoms with Gasteiger partial charge in [-0.2, -0.15) is 4.99 Å². The summed E-state index contributed by atoms with van der Waals surface area (Å²) in [6.07, 6.45) is 4.43. The van der Waals surface area contributed by atoms with Crippen LogP contribution in [0.15, 0.2) is 23.2 Å². The molecule has 0 atom stereocenters. The zero-order valence-electron chi connectivity index (χ0n) is 15.6. The second-order valence-electron chi connectivity index (χ2n) is 6.65. The summed E-state index contributed by atoms with van der Waals surface area (Å²) in [5.74, 6) is 0.185. The third-order valence-electron chi connectivity index (χ3n) is 4.63. The summed E-state index contributed by atoms with van der Waals surface area (Å²) in [5.41, 5.74) is 0.793. The van der Waals surface area contributed by atoms with Crippen molar-refractivity contribution < 1.29 is 14.5 Å². The van der Waals surface area contributed by atoms with Crippen LogP contribution in [0, 0.1) is 10.1 Å². The smallest absolute Gasteiger partial charge is 0.270 e. The van der Waals surface area contributed by atoms with Crippen LogP contribution in [0.2, 0.25) is 0 Å². The van der Waals surface area contributed by atoms with E-state index in [2.05, 4.69) is 4.99 Å². The minimum Gasteiger partial charge on any atom is -0.342 e. The quantitative estimate of drug-likeness (QED) is 0.545. The van der Waals surface area contributed by atoms with Gasteiger partial charge in [0.25, 0.3) is 11.6 Å². The van der Waals surface area contributed by atoms with E-state index in [-0.39, 0.29) is 29.0 Å². The highest BCUT2D eigenvalue weighted by Crippen LogP contribution is 2.22. The number of amides is 2. The molecule has 0 aliphatic carbocycles. The van der Waals surface area contributed by atoms with Gasteiger partial charge in [0.05, 0.1) is 26.6 Å². The molecule has 0 N–H and O–H groups in total. The van der Waals surface area contributed by atoms with Crippen molar-refractivity contribution in [3.8, 4) is 0 Å². The lowest BCUT2D eigenvalue weighted by Gasteiger charge is -2.19. The number of benzene rings is 1. The molecule has 0 saturated carbocycles. The number of hydrogen-bond donors (Lipinski definition) is 0. The molecule has 1 aliphatic rings. The van der Waals surface area contributed by atoms with Crippen LogP contribution >= 0.6 is 23.1 Å². The van der Waals surface area contributed by atoms with Gasteiger partial charge in [0.2, 0.25) is 5.91 Å². The van der Waals surface area contributed by atoms with Crippen LogP contribution in [-0.2, 0) is 16.6 Å². The van der Waals surface area contributed by atoms with E-state index >= 15 is 0 Å². The first-order valence-corrected chi connectivity index (χ1v) is 11.1. The van der Waals surface area contributed by atoms with Gasteiger partial charge in [0.1, 0.15) is 0 Å². The first-order valence-electron chi connectivity index (χ1n) is 9.13. The Kier molecular flexibility index (Phi) is 6.84. The Morgan fingerprint density at radius 1 is 1.21 bits per heavy atom. The first-order chi connectivity index (χ1) is 13.5. The summed E-state index contributed by atoms with van der Waals surface area (Å²) in [5, 5.41) is 10.9. The van der Waals surface area contributed by atoms with Crippen LogP contribution in [0.25, 0.3) is 10.2 Å². The number of nitro benzene ring substituents is 1. The van der Waals surface area contributed by atoms with E-state index in [4.69, 9.17) is 0 Å². The van der Waals surface area contributed by atoms with E-state index in [1.165, 1.54) is 48.1 Å². The lowest BCUT2D eigenvalue weighted by atomic mass is 10.2. The lowest BCUT2D eigenvalue weighted by Crippen LogP contribution is -2.33. The molecule has 1 aromatic carbocycles. The summed E-state index contributed by atoms with van der Waals surface area (Å²) >= 11 is 2.52. The van der Waals surface area contributed by atoms with Crippen LogP contribution in [0.5, 0.6) is 0 Å². The number of aryl methyl sites for hydroxylation is 1. The van der Waals surface area contributed by atoms with E-state index in [1.54, 1.807) is 17.7 Å². The van der Waals surface area contributed by atoms with Crippen molar-refractivity contribution in [2.45, 2.75) is 25.7 Å². The SMILES string of the molecule is Cn1c(=NC(=O)CSCC(=O)N2CCCCCC2)sc2cc([N+](=O)[O-])ccc21. The van der Waals surface area contributed by atoms with Crippen molar-refractivity contribution >= 4 is 50.8 Å². The summed E-state index contributed by atoms with van der Waals surface area (Å²) < 4.78 is 2.45. The van der Waals surface area contributed by atoms with Crippen LogP contribution in [-0.4, -0.2) is 50.8 Å². The second-order valence-corrected chi connectivity index (χ2v) is 8.64. The Labute approximate surface area is 170 Å². The Morgan fingerprint density at radius 2 is 1.93 bits per heavy atom. The number of fused-ring (bicyclic) bond motifs is 1. The normalized spacial score (nSPS) is 15.6. The van der Waals surface area contributed by atoms with E-state index in [0.717, 1.165) is 31.4 Å². The Morgan fingerprint density at radius 3 is 2.61 bits per heavy atom. The molecule has 8 nitrogen and oxygen atoms in total. The Hall–Kier alpha value is -2.20. The van der Waals surface area contributed by atoms with Gasteiger partial charge < -0.3 is 9.47 Å². The number of rotatable bonds is 5. The maximum absolute atomic E-state index is 12.3. The Bertz CT molecular complexity index is 958. The molecule has 0 unspecified atom stereocenters. The van der Waals surface area contributed by atoms with Gasteiger partial charge in [-0.3, -0.25) is 19.7 Å². The summed E-state index contributed by atoms with van der Waals surface area (Å²) in [4.78, 5) is 41.4. The Balaban J connectivity index is 1.61. The number of thiazole rings is 1. The number of likely N-dealkylation sites (tertiary alicyclic amines) is 1. The average molecular weight is 423 g/mol. The van der Waals surface area contributed by atoms with E-state index in [1.807, 2.05) is 4.90 Å². The molecule has 2 amide bonds. The average Bonchev–Trinajstić information content (AvgIpc) is 2.85. The minimum absolute atomic E-state index is 0.00908. The molecule has 150 valence electrons. The predicted molar refractivity (Wildman–Crippen MR) is 110 cm³/mol. The number of carbonyl (C=O) groups excluding carboxylic acids is 2.